The minimum Gasteiger partial charge on any atom is -0.449 e. The maximum atomic E-state index is 12.4. The number of ether oxygens (including phenoxy) is 1. The van der Waals surface area contributed by atoms with Gasteiger partial charge in [-0.3, -0.25) is 14.8 Å². The summed E-state index contributed by atoms with van der Waals surface area (Å²) < 4.78 is 32.3. The molecule has 11 heteroatoms. The van der Waals surface area contributed by atoms with Crippen molar-refractivity contribution in [3.8, 4) is 0 Å². The van der Waals surface area contributed by atoms with Crippen LogP contribution >= 0.6 is 11.3 Å². The summed E-state index contributed by atoms with van der Waals surface area (Å²) in [7, 11) is -3.86. The number of nitrogens with one attached hydrogen (secondary N) is 3. The van der Waals surface area contributed by atoms with Crippen molar-refractivity contribution in [3.63, 3.8) is 0 Å². The zero-order chi connectivity index (χ0) is 20.7. The second kappa shape index (κ2) is 9.33. The average Bonchev–Trinajstić information content (AvgIpc) is 3.17. The van der Waals surface area contributed by atoms with Gasteiger partial charge in [0.05, 0.1) is 11.3 Å². The molecule has 0 radical (unpaired) electrons. The van der Waals surface area contributed by atoms with E-state index in [0.29, 0.717) is 6.54 Å². The second-order valence-electron chi connectivity index (χ2n) is 5.48. The monoisotopic (exact) mass is 425 g/mol. The first kappa shape index (κ1) is 21.4. The van der Waals surface area contributed by atoms with Gasteiger partial charge in [0.2, 0.25) is 0 Å². The molecule has 9 nitrogen and oxygen atoms in total. The maximum absolute atomic E-state index is 12.4. The molecule has 0 aliphatic rings. The van der Waals surface area contributed by atoms with Crippen molar-refractivity contribution in [2.24, 2.45) is 0 Å². The van der Waals surface area contributed by atoms with Gasteiger partial charge < -0.3 is 10.1 Å². The third-order valence-corrected chi connectivity index (χ3v) is 6.14. The van der Waals surface area contributed by atoms with Crippen molar-refractivity contribution in [2.45, 2.75) is 24.2 Å². The summed E-state index contributed by atoms with van der Waals surface area (Å²) >= 11 is 1.03. The molecule has 1 aromatic carbocycles. The molecule has 0 aliphatic carbocycles. The molecule has 1 heterocycles. The fraction of sp³-hybridized carbons (Fsp3) is 0.235. The summed E-state index contributed by atoms with van der Waals surface area (Å²) in [5.74, 6) is -1.72. The highest BCUT2D eigenvalue weighted by Crippen LogP contribution is 2.23. The van der Waals surface area contributed by atoms with Crippen molar-refractivity contribution < 1.29 is 27.5 Å². The third-order valence-electron chi connectivity index (χ3n) is 3.38. The number of hydrogen-bond donors (Lipinski definition) is 3. The number of para-hydroxylation sites is 1. The van der Waals surface area contributed by atoms with Gasteiger partial charge in [-0.1, -0.05) is 18.2 Å². The van der Waals surface area contributed by atoms with Gasteiger partial charge in [-0.25, -0.2) is 18.0 Å². The molecular weight excluding hydrogens is 406 g/mol. The average molecular weight is 425 g/mol. The fourth-order valence-corrected chi connectivity index (χ4v) is 4.13. The van der Waals surface area contributed by atoms with Crippen LogP contribution < -0.4 is 15.4 Å². The molecule has 1 aromatic heterocycles. The number of thiophene rings is 1. The standard InChI is InChI=1S/C17H19N3O6S2/c1-3-18-17(23)19-15(21)11(2)26-16(22)12-7-4-5-8-13(12)20-28(24,25)14-9-6-10-27-14/h4-11,20H,3H2,1-2H3,(H2,18,19,21,23). The Kier molecular flexibility index (Phi) is 7.12. The van der Waals surface area contributed by atoms with Crippen LogP contribution in [0.3, 0.4) is 0 Å². The number of hydrogen-bond acceptors (Lipinski definition) is 7. The third kappa shape index (κ3) is 5.54. The largest absolute Gasteiger partial charge is 0.449 e. The Labute approximate surface area is 166 Å². The normalized spacial score (nSPS) is 11.9. The molecule has 1 atom stereocenters. The van der Waals surface area contributed by atoms with Gasteiger partial charge in [-0.15, -0.1) is 11.3 Å². The number of imide groups is 1. The second-order valence-corrected chi connectivity index (χ2v) is 8.34. The molecule has 3 amide bonds. The molecule has 28 heavy (non-hydrogen) atoms. The van der Waals surface area contributed by atoms with Crippen molar-refractivity contribution in [1.82, 2.24) is 10.6 Å². The first-order valence-corrected chi connectivity index (χ1v) is 10.6. The topological polar surface area (TPSA) is 131 Å². The molecule has 0 spiro atoms. The zero-order valence-corrected chi connectivity index (χ0v) is 16.7. The molecule has 0 saturated heterocycles. The number of esters is 1. The smallest absolute Gasteiger partial charge is 0.341 e. The molecule has 3 N–H and O–H groups in total. The number of benzene rings is 1. The Morgan fingerprint density at radius 2 is 1.86 bits per heavy atom. The van der Waals surface area contributed by atoms with Crippen LogP contribution in [0.2, 0.25) is 0 Å². The number of sulfonamides is 1. The molecule has 2 rings (SSSR count). The highest BCUT2D eigenvalue weighted by Gasteiger charge is 2.24. The van der Waals surface area contributed by atoms with Gasteiger partial charge in [-0.05, 0) is 37.4 Å². The van der Waals surface area contributed by atoms with Crippen molar-refractivity contribution in [2.75, 3.05) is 11.3 Å². The van der Waals surface area contributed by atoms with Crippen molar-refractivity contribution in [1.29, 1.82) is 0 Å². The van der Waals surface area contributed by atoms with E-state index in [0.717, 1.165) is 11.3 Å². The van der Waals surface area contributed by atoms with Gasteiger partial charge in [0, 0.05) is 6.54 Å². The summed E-state index contributed by atoms with van der Waals surface area (Å²) in [6.45, 7) is 3.30. The molecule has 1 unspecified atom stereocenters. The van der Waals surface area contributed by atoms with Gasteiger partial charge >= 0.3 is 12.0 Å². The van der Waals surface area contributed by atoms with E-state index in [-0.39, 0.29) is 15.5 Å². The molecule has 0 saturated carbocycles. The van der Waals surface area contributed by atoms with Crippen molar-refractivity contribution in [3.05, 3.63) is 47.3 Å². The zero-order valence-electron chi connectivity index (χ0n) is 15.1. The lowest BCUT2D eigenvalue weighted by molar-refractivity contribution is -0.127. The molecule has 0 fully saturated rings. The van der Waals surface area contributed by atoms with Crippen LogP contribution in [0.1, 0.15) is 24.2 Å². The number of amides is 3. The summed E-state index contributed by atoms with van der Waals surface area (Å²) in [5, 5.41) is 6.02. The minimum absolute atomic E-state index is 0.0113. The first-order valence-electron chi connectivity index (χ1n) is 8.19. The summed E-state index contributed by atoms with van der Waals surface area (Å²) in [6.07, 6.45) is -1.27. The Balaban J connectivity index is 2.12. The van der Waals surface area contributed by atoms with E-state index in [1.54, 1.807) is 24.4 Å². The lowest BCUT2D eigenvalue weighted by atomic mass is 10.2. The molecule has 0 aliphatic heterocycles. The van der Waals surface area contributed by atoms with Crippen LogP contribution in [-0.2, 0) is 19.6 Å². The van der Waals surface area contributed by atoms with E-state index in [1.165, 1.54) is 31.2 Å². The minimum atomic E-state index is -3.86. The van der Waals surface area contributed by atoms with Crippen LogP contribution in [0.4, 0.5) is 10.5 Å². The Bertz CT molecular complexity index is 957. The Morgan fingerprint density at radius 3 is 2.50 bits per heavy atom. The van der Waals surface area contributed by atoms with E-state index in [4.69, 9.17) is 4.74 Å². The van der Waals surface area contributed by atoms with Gasteiger partial charge in [0.25, 0.3) is 15.9 Å². The van der Waals surface area contributed by atoms with Crippen LogP contribution in [-0.4, -0.2) is 39.0 Å². The molecular formula is C17H19N3O6S2. The molecule has 2 aromatic rings. The van der Waals surface area contributed by atoms with E-state index in [2.05, 4.69) is 10.0 Å². The summed E-state index contributed by atoms with van der Waals surface area (Å²) in [5.41, 5.74) is -0.0578. The lowest BCUT2D eigenvalue weighted by Crippen LogP contribution is -2.44. The van der Waals surface area contributed by atoms with Gasteiger partial charge in [-0.2, -0.15) is 0 Å². The lowest BCUT2D eigenvalue weighted by Gasteiger charge is -2.15. The fourth-order valence-electron chi connectivity index (χ4n) is 2.06. The van der Waals surface area contributed by atoms with Crippen molar-refractivity contribution >= 4 is 45.0 Å². The summed E-state index contributed by atoms with van der Waals surface area (Å²) in [6, 6.07) is 8.16. The number of rotatable bonds is 7. The van der Waals surface area contributed by atoms with E-state index in [9.17, 15) is 22.8 Å². The van der Waals surface area contributed by atoms with Gasteiger partial charge in [0.1, 0.15) is 4.21 Å². The predicted octanol–water partition coefficient (Wildman–Crippen LogP) is 1.94. The van der Waals surface area contributed by atoms with Crippen LogP contribution in [0.25, 0.3) is 0 Å². The quantitative estimate of drug-likeness (QED) is 0.581. The van der Waals surface area contributed by atoms with E-state index in [1.807, 2.05) is 5.32 Å². The van der Waals surface area contributed by atoms with E-state index < -0.39 is 34.0 Å². The maximum Gasteiger partial charge on any atom is 0.341 e. The Hall–Kier alpha value is -2.92. The molecule has 0 bridgehead atoms. The Morgan fingerprint density at radius 1 is 1.14 bits per heavy atom. The van der Waals surface area contributed by atoms with Crippen LogP contribution in [0, 0.1) is 0 Å². The first-order chi connectivity index (χ1) is 13.2. The number of urea groups is 1. The number of anilines is 1. The highest BCUT2D eigenvalue weighted by molar-refractivity contribution is 7.94. The SMILES string of the molecule is CCNC(=O)NC(=O)C(C)OC(=O)c1ccccc1NS(=O)(=O)c1cccs1. The highest BCUT2D eigenvalue weighted by atomic mass is 32.2. The van der Waals surface area contributed by atoms with Crippen LogP contribution in [0.15, 0.2) is 46.0 Å². The number of carbonyl (C=O) groups is 3. The van der Waals surface area contributed by atoms with Crippen LogP contribution in [0.5, 0.6) is 0 Å². The molecule has 150 valence electrons. The van der Waals surface area contributed by atoms with Gasteiger partial charge in [0.15, 0.2) is 6.10 Å². The predicted molar refractivity (Wildman–Crippen MR) is 104 cm³/mol. The summed E-state index contributed by atoms with van der Waals surface area (Å²) in [4.78, 5) is 35.7. The van der Waals surface area contributed by atoms with E-state index >= 15 is 0 Å². The number of carbonyl (C=O) groups excluding carboxylic acids is 3.